The average molecular weight is 254 g/mol. The Balaban J connectivity index is 1.95. The van der Waals surface area contributed by atoms with Crippen LogP contribution in [0.15, 0.2) is 36.7 Å². The zero-order valence-corrected chi connectivity index (χ0v) is 10.9. The molecule has 0 aliphatic carbocycles. The zero-order chi connectivity index (χ0) is 13.4. The Labute approximate surface area is 110 Å². The molecule has 3 rings (SSSR count). The minimum atomic E-state index is 0.0388. The SMILES string of the molecule is Cn1cc(C(=O)Cc2nn(C)c3ccccc23)cn1. The number of Topliss-reactive ketones (excluding diaryl/α,β-unsaturated/α-hetero) is 1. The summed E-state index contributed by atoms with van der Waals surface area (Å²) in [6.07, 6.45) is 3.62. The molecule has 2 heterocycles. The number of hydrogen-bond acceptors (Lipinski definition) is 3. The van der Waals surface area contributed by atoms with Crippen LogP contribution in [-0.2, 0) is 20.5 Å². The van der Waals surface area contributed by atoms with Crippen LogP contribution in [0.25, 0.3) is 10.9 Å². The van der Waals surface area contributed by atoms with E-state index in [2.05, 4.69) is 10.2 Å². The lowest BCUT2D eigenvalue weighted by molar-refractivity contribution is 0.0992. The van der Waals surface area contributed by atoms with Crippen LogP contribution in [-0.4, -0.2) is 25.3 Å². The molecule has 3 aromatic rings. The number of aromatic nitrogens is 4. The molecule has 96 valence electrons. The minimum absolute atomic E-state index is 0.0388. The lowest BCUT2D eigenvalue weighted by Crippen LogP contribution is -2.04. The number of fused-ring (bicyclic) bond motifs is 1. The molecule has 5 nitrogen and oxygen atoms in total. The predicted molar refractivity (Wildman–Crippen MR) is 72.0 cm³/mol. The van der Waals surface area contributed by atoms with Crippen molar-refractivity contribution in [2.24, 2.45) is 14.1 Å². The quantitative estimate of drug-likeness (QED) is 0.669. The van der Waals surface area contributed by atoms with Gasteiger partial charge in [0.25, 0.3) is 0 Å². The van der Waals surface area contributed by atoms with Crippen molar-refractivity contribution < 1.29 is 4.79 Å². The van der Waals surface area contributed by atoms with Crippen molar-refractivity contribution >= 4 is 16.7 Å². The van der Waals surface area contributed by atoms with Crippen LogP contribution in [0.3, 0.4) is 0 Å². The van der Waals surface area contributed by atoms with Crippen molar-refractivity contribution in [1.82, 2.24) is 19.6 Å². The Bertz CT molecular complexity index is 754. The van der Waals surface area contributed by atoms with E-state index in [-0.39, 0.29) is 5.78 Å². The van der Waals surface area contributed by atoms with E-state index in [1.807, 2.05) is 31.3 Å². The summed E-state index contributed by atoms with van der Waals surface area (Å²) >= 11 is 0. The number of rotatable bonds is 3. The summed E-state index contributed by atoms with van der Waals surface area (Å²) in [5.41, 5.74) is 2.47. The van der Waals surface area contributed by atoms with Gasteiger partial charge >= 0.3 is 0 Å². The van der Waals surface area contributed by atoms with Gasteiger partial charge in [0.05, 0.1) is 29.4 Å². The highest BCUT2D eigenvalue weighted by atomic mass is 16.1. The molecule has 1 aromatic carbocycles. The van der Waals surface area contributed by atoms with Crippen molar-refractivity contribution in [2.75, 3.05) is 0 Å². The van der Waals surface area contributed by atoms with Gasteiger partial charge in [0.1, 0.15) is 0 Å². The van der Waals surface area contributed by atoms with Crippen LogP contribution in [0.5, 0.6) is 0 Å². The molecule has 0 atom stereocenters. The number of nitrogens with zero attached hydrogens (tertiary/aromatic N) is 4. The molecule has 5 heteroatoms. The molecule has 2 aromatic heterocycles. The van der Waals surface area contributed by atoms with Gasteiger partial charge in [-0.2, -0.15) is 10.2 Å². The summed E-state index contributed by atoms with van der Waals surface area (Å²) in [7, 11) is 3.69. The standard InChI is InChI=1S/C14H14N4O/c1-17-9-10(8-15-17)14(19)7-12-11-5-3-4-6-13(11)18(2)16-12/h3-6,8-9H,7H2,1-2H3. The first-order valence-electron chi connectivity index (χ1n) is 6.07. The van der Waals surface area contributed by atoms with Gasteiger partial charge in [0.15, 0.2) is 5.78 Å². The van der Waals surface area contributed by atoms with E-state index in [1.54, 1.807) is 28.8 Å². The molecule has 0 spiro atoms. The van der Waals surface area contributed by atoms with Crippen LogP contribution in [0.2, 0.25) is 0 Å². The third-order valence-electron chi connectivity index (χ3n) is 3.19. The minimum Gasteiger partial charge on any atom is -0.294 e. The number of hydrogen-bond donors (Lipinski definition) is 0. The molecule has 0 radical (unpaired) electrons. The Kier molecular flexibility index (Phi) is 2.67. The van der Waals surface area contributed by atoms with E-state index < -0.39 is 0 Å². The molecule has 0 amide bonds. The largest absolute Gasteiger partial charge is 0.294 e. The Morgan fingerprint density at radius 3 is 2.79 bits per heavy atom. The Morgan fingerprint density at radius 1 is 1.26 bits per heavy atom. The van der Waals surface area contributed by atoms with Gasteiger partial charge in [-0.1, -0.05) is 18.2 Å². The van der Waals surface area contributed by atoms with Crippen molar-refractivity contribution in [2.45, 2.75) is 6.42 Å². The molecular formula is C14H14N4O. The molecule has 0 saturated carbocycles. The first kappa shape index (κ1) is 11.6. The van der Waals surface area contributed by atoms with Crippen LogP contribution in [0.1, 0.15) is 16.1 Å². The number of ketones is 1. The summed E-state index contributed by atoms with van der Waals surface area (Å²) < 4.78 is 3.44. The highest BCUT2D eigenvalue weighted by molar-refractivity contribution is 5.99. The number of aryl methyl sites for hydroxylation is 2. The number of carbonyl (C=O) groups is 1. The average Bonchev–Trinajstić information content (AvgIpc) is 2.96. The summed E-state index contributed by atoms with van der Waals surface area (Å²) in [4.78, 5) is 12.2. The molecule has 19 heavy (non-hydrogen) atoms. The maximum atomic E-state index is 12.2. The molecular weight excluding hydrogens is 240 g/mol. The fraction of sp³-hybridized carbons (Fsp3) is 0.214. The third kappa shape index (κ3) is 2.03. The van der Waals surface area contributed by atoms with Crippen LogP contribution >= 0.6 is 0 Å². The lowest BCUT2D eigenvalue weighted by Gasteiger charge is -1.95. The predicted octanol–water partition coefficient (Wildman–Crippen LogP) is 1.73. The molecule has 0 N–H and O–H groups in total. The van der Waals surface area contributed by atoms with Crippen LogP contribution in [0.4, 0.5) is 0 Å². The van der Waals surface area contributed by atoms with Gasteiger partial charge in [-0.3, -0.25) is 14.2 Å². The van der Waals surface area contributed by atoms with E-state index in [9.17, 15) is 4.79 Å². The third-order valence-corrected chi connectivity index (χ3v) is 3.19. The van der Waals surface area contributed by atoms with Crippen LogP contribution < -0.4 is 0 Å². The van der Waals surface area contributed by atoms with E-state index >= 15 is 0 Å². The molecule has 0 bridgehead atoms. The topological polar surface area (TPSA) is 52.7 Å². The first-order valence-corrected chi connectivity index (χ1v) is 6.07. The van der Waals surface area contributed by atoms with Gasteiger partial charge < -0.3 is 0 Å². The van der Waals surface area contributed by atoms with Crippen molar-refractivity contribution in [3.63, 3.8) is 0 Å². The van der Waals surface area contributed by atoms with E-state index in [0.29, 0.717) is 12.0 Å². The zero-order valence-electron chi connectivity index (χ0n) is 10.9. The summed E-state index contributed by atoms with van der Waals surface area (Å²) in [6, 6.07) is 7.92. The Morgan fingerprint density at radius 2 is 2.05 bits per heavy atom. The Hall–Kier alpha value is -2.43. The second-order valence-corrected chi connectivity index (χ2v) is 4.59. The van der Waals surface area contributed by atoms with Gasteiger partial charge in [0.2, 0.25) is 0 Å². The first-order chi connectivity index (χ1) is 9.15. The fourth-order valence-corrected chi connectivity index (χ4v) is 2.24. The van der Waals surface area contributed by atoms with E-state index in [0.717, 1.165) is 16.6 Å². The van der Waals surface area contributed by atoms with Gasteiger partial charge in [0, 0.05) is 25.7 Å². The van der Waals surface area contributed by atoms with E-state index in [4.69, 9.17) is 0 Å². The smallest absolute Gasteiger partial charge is 0.172 e. The normalized spacial score (nSPS) is 11.1. The van der Waals surface area contributed by atoms with Crippen LogP contribution in [0, 0.1) is 0 Å². The van der Waals surface area contributed by atoms with Gasteiger partial charge in [-0.25, -0.2) is 0 Å². The van der Waals surface area contributed by atoms with Gasteiger partial charge in [-0.15, -0.1) is 0 Å². The second kappa shape index (κ2) is 4.35. The van der Waals surface area contributed by atoms with Crippen molar-refractivity contribution in [3.8, 4) is 0 Å². The van der Waals surface area contributed by atoms with Crippen molar-refractivity contribution in [1.29, 1.82) is 0 Å². The number of benzene rings is 1. The monoisotopic (exact) mass is 254 g/mol. The van der Waals surface area contributed by atoms with Crippen molar-refractivity contribution in [3.05, 3.63) is 47.9 Å². The fourth-order valence-electron chi connectivity index (χ4n) is 2.24. The molecule has 0 unspecified atom stereocenters. The highest BCUT2D eigenvalue weighted by Crippen LogP contribution is 2.18. The summed E-state index contributed by atoms with van der Waals surface area (Å²) in [5.74, 6) is 0.0388. The van der Waals surface area contributed by atoms with E-state index in [1.165, 1.54) is 0 Å². The summed E-state index contributed by atoms with van der Waals surface area (Å²) in [6.45, 7) is 0. The summed E-state index contributed by atoms with van der Waals surface area (Å²) in [5, 5.41) is 9.48. The lowest BCUT2D eigenvalue weighted by atomic mass is 10.1. The number of carbonyl (C=O) groups excluding carboxylic acids is 1. The maximum absolute atomic E-state index is 12.2. The highest BCUT2D eigenvalue weighted by Gasteiger charge is 2.14. The molecule has 0 aliphatic rings. The molecule has 0 fully saturated rings. The molecule has 0 saturated heterocycles. The second-order valence-electron chi connectivity index (χ2n) is 4.59. The van der Waals surface area contributed by atoms with Gasteiger partial charge in [-0.05, 0) is 6.07 Å². The maximum Gasteiger partial charge on any atom is 0.172 e. The number of para-hydroxylation sites is 1. The molecule has 0 aliphatic heterocycles.